The van der Waals surface area contributed by atoms with Crippen molar-refractivity contribution in [3.8, 4) is 5.75 Å². The Morgan fingerprint density at radius 2 is 2.11 bits per heavy atom. The minimum atomic E-state index is 0.790. The van der Waals surface area contributed by atoms with Crippen LogP contribution >= 0.6 is 0 Å². The van der Waals surface area contributed by atoms with E-state index in [1.54, 1.807) is 7.11 Å². The van der Waals surface area contributed by atoms with Crippen LogP contribution in [-0.4, -0.2) is 19.7 Å². The summed E-state index contributed by atoms with van der Waals surface area (Å²) in [5.74, 6) is 3.01. The smallest absolute Gasteiger partial charge is 0.122 e. The van der Waals surface area contributed by atoms with Crippen molar-refractivity contribution in [2.75, 3.05) is 13.7 Å². The number of hydrogen-bond donors (Lipinski definition) is 1. The molecule has 2 nitrogen and oxygen atoms in total. The minimum Gasteiger partial charge on any atom is -0.496 e. The van der Waals surface area contributed by atoms with Gasteiger partial charge in [-0.05, 0) is 55.7 Å². The molecular weight excluding hydrogens is 222 g/mol. The van der Waals surface area contributed by atoms with Gasteiger partial charge in [0.1, 0.15) is 5.75 Å². The van der Waals surface area contributed by atoms with E-state index in [1.165, 1.54) is 31.2 Å². The zero-order valence-corrected chi connectivity index (χ0v) is 11.2. The Balaban J connectivity index is 1.50. The standard InChI is InChI=1S/C16H23NO/c1-18-16-5-3-2-4-13(16)8-9-17-15-11-12-6-7-14(15)10-12/h2-5,12,14-15,17H,6-11H2,1H3/t12-,14-,15+/m1/s1. The summed E-state index contributed by atoms with van der Waals surface area (Å²) in [5.41, 5.74) is 1.32. The van der Waals surface area contributed by atoms with Gasteiger partial charge >= 0.3 is 0 Å². The molecule has 0 radical (unpaired) electrons. The van der Waals surface area contributed by atoms with E-state index in [9.17, 15) is 0 Å². The highest BCUT2D eigenvalue weighted by molar-refractivity contribution is 5.33. The maximum Gasteiger partial charge on any atom is 0.122 e. The molecule has 2 fully saturated rings. The average molecular weight is 245 g/mol. The maximum atomic E-state index is 5.39. The summed E-state index contributed by atoms with van der Waals surface area (Å²) < 4.78 is 5.39. The van der Waals surface area contributed by atoms with Gasteiger partial charge in [-0.2, -0.15) is 0 Å². The number of ether oxygens (including phenoxy) is 1. The van der Waals surface area contributed by atoms with Gasteiger partial charge in [0.2, 0.25) is 0 Å². The molecule has 0 unspecified atom stereocenters. The third-order valence-electron chi connectivity index (χ3n) is 4.73. The largest absolute Gasteiger partial charge is 0.496 e. The number of rotatable bonds is 5. The van der Waals surface area contributed by atoms with E-state index in [-0.39, 0.29) is 0 Å². The summed E-state index contributed by atoms with van der Waals surface area (Å²) in [6.07, 6.45) is 6.90. The fourth-order valence-corrected chi connectivity index (χ4v) is 3.80. The van der Waals surface area contributed by atoms with Crippen molar-refractivity contribution in [3.63, 3.8) is 0 Å². The molecule has 98 valence electrons. The number of para-hydroxylation sites is 1. The summed E-state index contributed by atoms with van der Waals surface area (Å²) in [6.45, 7) is 1.08. The van der Waals surface area contributed by atoms with Crippen LogP contribution in [0.25, 0.3) is 0 Å². The van der Waals surface area contributed by atoms with Crippen LogP contribution in [0.1, 0.15) is 31.2 Å². The van der Waals surface area contributed by atoms with Crippen LogP contribution in [0, 0.1) is 11.8 Å². The summed E-state index contributed by atoms with van der Waals surface area (Å²) in [7, 11) is 1.75. The fourth-order valence-electron chi connectivity index (χ4n) is 3.80. The van der Waals surface area contributed by atoms with E-state index in [2.05, 4.69) is 17.4 Å². The molecule has 3 rings (SSSR count). The molecule has 2 aliphatic rings. The van der Waals surface area contributed by atoms with Crippen molar-refractivity contribution in [2.24, 2.45) is 11.8 Å². The summed E-state index contributed by atoms with van der Waals surface area (Å²) >= 11 is 0. The first kappa shape index (κ1) is 12.0. The average Bonchev–Trinajstić information content (AvgIpc) is 3.02. The highest BCUT2D eigenvalue weighted by atomic mass is 16.5. The molecule has 2 saturated carbocycles. The van der Waals surface area contributed by atoms with Gasteiger partial charge in [-0.15, -0.1) is 0 Å². The van der Waals surface area contributed by atoms with Crippen molar-refractivity contribution in [3.05, 3.63) is 29.8 Å². The Morgan fingerprint density at radius 3 is 2.83 bits per heavy atom. The predicted octanol–water partition coefficient (Wildman–Crippen LogP) is 3.02. The molecule has 3 atom stereocenters. The highest BCUT2D eigenvalue weighted by Crippen LogP contribution is 2.44. The molecule has 18 heavy (non-hydrogen) atoms. The third kappa shape index (κ3) is 2.39. The molecule has 0 heterocycles. The first-order chi connectivity index (χ1) is 8.86. The third-order valence-corrected chi connectivity index (χ3v) is 4.73. The van der Waals surface area contributed by atoms with Crippen molar-refractivity contribution in [1.29, 1.82) is 0 Å². The van der Waals surface area contributed by atoms with Crippen LogP contribution in [0.2, 0.25) is 0 Å². The number of fused-ring (bicyclic) bond motifs is 2. The zero-order chi connectivity index (χ0) is 12.4. The second-order valence-electron chi connectivity index (χ2n) is 5.80. The van der Waals surface area contributed by atoms with Crippen LogP contribution < -0.4 is 10.1 Å². The van der Waals surface area contributed by atoms with E-state index >= 15 is 0 Å². The van der Waals surface area contributed by atoms with Gasteiger partial charge in [-0.25, -0.2) is 0 Å². The van der Waals surface area contributed by atoms with Crippen molar-refractivity contribution in [1.82, 2.24) is 5.32 Å². The summed E-state index contributed by atoms with van der Waals surface area (Å²) in [4.78, 5) is 0. The Hall–Kier alpha value is -1.02. The van der Waals surface area contributed by atoms with Crippen LogP contribution in [0.15, 0.2) is 24.3 Å². The molecule has 2 aliphatic carbocycles. The Morgan fingerprint density at radius 1 is 1.22 bits per heavy atom. The van der Waals surface area contributed by atoms with Crippen molar-refractivity contribution < 1.29 is 4.74 Å². The molecule has 0 saturated heterocycles. The van der Waals surface area contributed by atoms with E-state index < -0.39 is 0 Å². The lowest BCUT2D eigenvalue weighted by atomic mass is 9.95. The molecule has 1 aromatic carbocycles. The number of methoxy groups -OCH3 is 1. The fraction of sp³-hybridized carbons (Fsp3) is 0.625. The normalized spacial score (nSPS) is 29.7. The lowest BCUT2D eigenvalue weighted by Gasteiger charge is -2.23. The van der Waals surface area contributed by atoms with E-state index in [4.69, 9.17) is 4.74 Å². The summed E-state index contributed by atoms with van der Waals surface area (Å²) in [6, 6.07) is 9.13. The number of nitrogens with one attached hydrogen (secondary N) is 1. The molecule has 0 aliphatic heterocycles. The topological polar surface area (TPSA) is 21.3 Å². The second-order valence-corrected chi connectivity index (χ2v) is 5.80. The van der Waals surface area contributed by atoms with Gasteiger partial charge in [0.25, 0.3) is 0 Å². The van der Waals surface area contributed by atoms with E-state index in [0.717, 1.165) is 36.6 Å². The van der Waals surface area contributed by atoms with Crippen molar-refractivity contribution in [2.45, 2.75) is 38.1 Å². The predicted molar refractivity (Wildman–Crippen MR) is 73.9 cm³/mol. The van der Waals surface area contributed by atoms with Crippen LogP contribution in [-0.2, 0) is 6.42 Å². The van der Waals surface area contributed by atoms with Gasteiger partial charge < -0.3 is 10.1 Å². The molecule has 0 spiro atoms. The number of benzene rings is 1. The van der Waals surface area contributed by atoms with Crippen molar-refractivity contribution >= 4 is 0 Å². The maximum absolute atomic E-state index is 5.39. The minimum absolute atomic E-state index is 0.790. The monoisotopic (exact) mass is 245 g/mol. The quantitative estimate of drug-likeness (QED) is 0.861. The molecule has 1 N–H and O–H groups in total. The Bertz CT molecular complexity index is 404. The lowest BCUT2D eigenvalue weighted by Crippen LogP contribution is -2.35. The molecular formula is C16H23NO. The molecule has 2 bridgehead atoms. The molecule has 1 aromatic rings. The van der Waals surface area contributed by atoms with E-state index in [1.807, 2.05) is 12.1 Å². The van der Waals surface area contributed by atoms with Gasteiger partial charge in [0.15, 0.2) is 0 Å². The highest BCUT2D eigenvalue weighted by Gasteiger charge is 2.38. The SMILES string of the molecule is COc1ccccc1CCN[C@H]1C[C@@H]2CC[C@@H]1C2. The van der Waals surface area contributed by atoms with Gasteiger partial charge in [0, 0.05) is 6.04 Å². The molecule has 0 aromatic heterocycles. The van der Waals surface area contributed by atoms with Gasteiger partial charge in [-0.3, -0.25) is 0 Å². The molecule has 2 heteroatoms. The zero-order valence-electron chi connectivity index (χ0n) is 11.2. The van der Waals surface area contributed by atoms with Crippen LogP contribution in [0.4, 0.5) is 0 Å². The Kier molecular flexibility index (Phi) is 3.55. The van der Waals surface area contributed by atoms with E-state index in [0.29, 0.717) is 0 Å². The van der Waals surface area contributed by atoms with Crippen LogP contribution in [0.5, 0.6) is 5.75 Å². The van der Waals surface area contributed by atoms with Gasteiger partial charge in [-0.1, -0.05) is 24.6 Å². The Labute approximate surface area is 110 Å². The first-order valence-electron chi connectivity index (χ1n) is 7.22. The summed E-state index contributed by atoms with van der Waals surface area (Å²) in [5, 5.41) is 3.76. The number of hydrogen-bond acceptors (Lipinski definition) is 2. The first-order valence-corrected chi connectivity index (χ1v) is 7.22. The lowest BCUT2D eigenvalue weighted by molar-refractivity contribution is 0.352. The van der Waals surface area contributed by atoms with Gasteiger partial charge in [0.05, 0.1) is 7.11 Å². The second kappa shape index (κ2) is 5.31. The molecule has 0 amide bonds. The van der Waals surface area contributed by atoms with Crippen LogP contribution in [0.3, 0.4) is 0 Å².